The third kappa shape index (κ3) is 2.07. The van der Waals surface area contributed by atoms with Crippen molar-refractivity contribution < 1.29 is 14.9 Å². The van der Waals surface area contributed by atoms with Crippen LogP contribution >= 0.6 is 0 Å². The summed E-state index contributed by atoms with van der Waals surface area (Å²) in [5, 5.41) is 19.7. The predicted octanol–water partition coefficient (Wildman–Crippen LogP) is 2.25. The van der Waals surface area contributed by atoms with E-state index in [1.807, 2.05) is 13.8 Å². The van der Waals surface area contributed by atoms with Crippen molar-refractivity contribution in [2.75, 3.05) is 7.11 Å². The lowest BCUT2D eigenvalue weighted by atomic mass is 9.90. The molecular weight excluding hydrogens is 192 g/mol. The van der Waals surface area contributed by atoms with E-state index >= 15 is 0 Å². The molecule has 0 amide bonds. The number of benzene rings is 1. The third-order valence-corrected chi connectivity index (χ3v) is 2.71. The van der Waals surface area contributed by atoms with E-state index in [1.165, 1.54) is 7.11 Å². The molecule has 2 N–H and O–H groups in total. The Morgan fingerprint density at radius 2 is 1.73 bits per heavy atom. The van der Waals surface area contributed by atoms with E-state index in [1.54, 1.807) is 19.9 Å². The van der Waals surface area contributed by atoms with Crippen LogP contribution in [0.5, 0.6) is 11.5 Å². The number of aliphatic hydroxyl groups is 1. The summed E-state index contributed by atoms with van der Waals surface area (Å²) < 4.78 is 5.06. The second-order valence-electron chi connectivity index (χ2n) is 4.28. The Morgan fingerprint density at radius 3 is 2.13 bits per heavy atom. The van der Waals surface area contributed by atoms with Crippen LogP contribution in [0.25, 0.3) is 0 Å². The van der Waals surface area contributed by atoms with E-state index in [4.69, 9.17) is 4.74 Å². The quantitative estimate of drug-likeness (QED) is 0.787. The third-order valence-electron chi connectivity index (χ3n) is 2.71. The van der Waals surface area contributed by atoms with Gasteiger partial charge in [0, 0.05) is 0 Å². The minimum atomic E-state index is -0.935. The van der Waals surface area contributed by atoms with Gasteiger partial charge < -0.3 is 14.9 Å². The molecule has 1 aromatic rings. The summed E-state index contributed by atoms with van der Waals surface area (Å²) in [7, 11) is 1.50. The average Bonchev–Trinajstić information content (AvgIpc) is 2.13. The largest absolute Gasteiger partial charge is 0.504 e. The Hall–Kier alpha value is -1.22. The Kier molecular flexibility index (Phi) is 2.95. The first-order chi connectivity index (χ1) is 6.79. The van der Waals surface area contributed by atoms with Crippen LogP contribution in [0.1, 0.15) is 30.5 Å². The van der Waals surface area contributed by atoms with Crippen molar-refractivity contribution in [3.05, 3.63) is 22.8 Å². The molecule has 0 bridgehead atoms. The Morgan fingerprint density at radius 1 is 1.20 bits per heavy atom. The van der Waals surface area contributed by atoms with Crippen LogP contribution in [0.15, 0.2) is 6.07 Å². The second kappa shape index (κ2) is 3.74. The predicted molar refractivity (Wildman–Crippen MR) is 59.4 cm³/mol. The normalized spacial score (nSPS) is 11.6. The van der Waals surface area contributed by atoms with Crippen LogP contribution in [0, 0.1) is 13.8 Å². The fourth-order valence-electron chi connectivity index (χ4n) is 1.66. The zero-order chi connectivity index (χ0) is 11.8. The molecule has 0 spiro atoms. The van der Waals surface area contributed by atoms with Gasteiger partial charge in [-0.05, 0) is 50.5 Å². The molecule has 0 aliphatic rings. The van der Waals surface area contributed by atoms with Gasteiger partial charge in [0.25, 0.3) is 0 Å². The maximum absolute atomic E-state index is 9.97. The first-order valence-corrected chi connectivity index (χ1v) is 4.89. The van der Waals surface area contributed by atoms with E-state index in [2.05, 4.69) is 0 Å². The Labute approximate surface area is 90.3 Å². The molecule has 0 saturated carbocycles. The first kappa shape index (κ1) is 11.9. The van der Waals surface area contributed by atoms with Crippen LogP contribution in [0.4, 0.5) is 0 Å². The summed E-state index contributed by atoms with van der Waals surface area (Å²) >= 11 is 0. The molecule has 84 valence electrons. The fraction of sp³-hybridized carbons (Fsp3) is 0.500. The molecular formula is C12H18O3. The van der Waals surface area contributed by atoms with Gasteiger partial charge in [-0.1, -0.05) is 0 Å². The number of aromatic hydroxyl groups is 1. The van der Waals surface area contributed by atoms with Gasteiger partial charge >= 0.3 is 0 Å². The molecule has 0 aliphatic carbocycles. The van der Waals surface area contributed by atoms with Crippen LogP contribution in [0.3, 0.4) is 0 Å². The van der Waals surface area contributed by atoms with Crippen molar-refractivity contribution in [2.45, 2.75) is 33.3 Å². The molecule has 1 aromatic carbocycles. The molecule has 0 aromatic heterocycles. The topological polar surface area (TPSA) is 49.7 Å². The highest BCUT2D eigenvalue weighted by atomic mass is 16.5. The number of hydrogen-bond donors (Lipinski definition) is 2. The van der Waals surface area contributed by atoms with E-state index in [-0.39, 0.29) is 5.75 Å². The molecule has 3 nitrogen and oxygen atoms in total. The van der Waals surface area contributed by atoms with Gasteiger partial charge in [-0.25, -0.2) is 0 Å². The van der Waals surface area contributed by atoms with E-state index in [9.17, 15) is 10.2 Å². The molecule has 0 unspecified atom stereocenters. The molecule has 1 rings (SSSR count). The fourth-order valence-corrected chi connectivity index (χ4v) is 1.66. The SMILES string of the molecule is COc1cc(C(C)(C)O)c(C)c(C)c1O. The standard InChI is InChI=1S/C12H18O3/c1-7-8(2)11(13)10(15-5)6-9(7)12(3,4)14/h6,13-14H,1-5H3. The van der Waals surface area contributed by atoms with Crippen LogP contribution in [-0.2, 0) is 5.60 Å². The van der Waals surface area contributed by atoms with Gasteiger partial charge in [-0.3, -0.25) is 0 Å². The van der Waals surface area contributed by atoms with Gasteiger partial charge in [0.15, 0.2) is 11.5 Å². The lowest BCUT2D eigenvalue weighted by Crippen LogP contribution is -2.18. The lowest BCUT2D eigenvalue weighted by Gasteiger charge is -2.23. The number of hydrogen-bond acceptors (Lipinski definition) is 3. The molecule has 15 heavy (non-hydrogen) atoms. The maximum Gasteiger partial charge on any atom is 0.161 e. The van der Waals surface area contributed by atoms with E-state index in [0.29, 0.717) is 5.75 Å². The summed E-state index contributed by atoms with van der Waals surface area (Å²) in [5.41, 5.74) is 1.47. The van der Waals surface area contributed by atoms with E-state index < -0.39 is 5.60 Å². The molecule has 0 radical (unpaired) electrons. The molecule has 0 aliphatic heterocycles. The Bertz CT molecular complexity index is 375. The number of phenolic OH excluding ortho intramolecular Hbond substituents is 1. The highest BCUT2D eigenvalue weighted by Crippen LogP contribution is 2.37. The monoisotopic (exact) mass is 210 g/mol. The highest BCUT2D eigenvalue weighted by Gasteiger charge is 2.22. The molecule has 0 heterocycles. The smallest absolute Gasteiger partial charge is 0.161 e. The molecule has 0 saturated heterocycles. The summed E-state index contributed by atoms with van der Waals surface area (Å²) in [6.07, 6.45) is 0. The van der Waals surface area contributed by atoms with Crippen molar-refractivity contribution in [3.63, 3.8) is 0 Å². The first-order valence-electron chi connectivity index (χ1n) is 4.89. The summed E-state index contributed by atoms with van der Waals surface area (Å²) in [6, 6.07) is 1.68. The van der Waals surface area contributed by atoms with Gasteiger partial charge in [-0.2, -0.15) is 0 Å². The molecule has 0 atom stereocenters. The summed E-state index contributed by atoms with van der Waals surface area (Å²) in [4.78, 5) is 0. The minimum absolute atomic E-state index is 0.142. The average molecular weight is 210 g/mol. The van der Waals surface area contributed by atoms with Crippen molar-refractivity contribution in [3.8, 4) is 11.5 Å². The van der Waals surface area contributed by atoms with Crippen LogP contribution in [-0.4, -0.2) is 17.3 Å². The van der Waals surface area contributed by atoms with Gasteiger partial charge in [-0.15, -0.1) is 0 Å². The zero-order valence-electron chi connectivity index (χ0n) is 9.88. The number of phenols is 1. The number of methoxy groups -OCH3 is 1. The lowest BCUT2D eigenvalue weighted by molar-refractivity contribution is 0.0775. The van der Waals surface area contributed by atoms with Gasteiger partial charge in [0.05, 0.1) is 12.7 Å². The van der Waals surface area contributed by atoms with Crippen LogP contribution < -0.4 is 4.74 Å². The maximum atomic E-state index is 9.97. The summed E-state index contributed by atoms with van der Waals surface area (Å²) in [6.45, 7) is 7.11. The van der Waals surface area contributed by atoms with Gasteiger partial charge in [0.2, 0.25) is 0 Å². The molecule has 3 heteroatoms. The second-order valence-corrected chi connectivity index (χ2v) is 4.28. The number of rotatable bonds is 2. The summed E-state index contributed by atoms with van der Waals surface area (Å²) in [5.74, 6) is 0.540. The van der Waals surface area contributed by atoms with Crippen molar-refractivity contribution >= 4 is 0 Å². The van der Waals surface area contributed by atoms with Crippen molar-refractivity contribution in [1.29, 1.82) is 0 Å². The minimum Gasteiger partial charge on any atom is -0.504 e. The zero-order valence-corrected chi connectivity index (χ0v) is 9.88. The van der Waals surface area contributed by atoms with Gasteiger partial charge in [0.1, 0.15) is 0 Å². The number of ether oxygens (including phenoxy) is 1. The van der Waals surface area contributed by atoms with E-state index in [0.717, 1.165) is 16.7 Å². The van der Waals surface area contributed by atoms with Crippen LogP contribution in [0.2, 0.25) is 0 Å². The molecule has 0 fully saturated rings. The van der Waals surface area contributed by atoms with Crippen molar-refractivity contribution in [1.82, 2.24) is 0 Å². The Balaban J connectivity index is 3.49. The van der Waals surface area contributed by atoms with Crippen molar-refractivity contribution in [2.24, 2.45) is 0 Å². The highest BCUT2D eigenvalue weighted by molar-refractivity contribution is 5.53.